The number of aliphatic hydroxyl groups excluding tert-OH is 4. The maximum absolute atomic E-state index is 10.6. The van der Waals surface area contributed by atoms with Gasteiger partial charge in [0.1, 0.15) is 36.3 Å². The first-order chi connectivity index (χ1) is 14.4. The molecule has 4 rings (SSSR count). The predicted molar refractivity (Wildman–Crippen MR) is 113 cm³/mol. The van der Waals surface area contributed by atoms with Gasteiger partial charge in [0, 0.05) is 12.0 Å². The van der Waals surface area contributed by atoms with Crippen molar-refractivity contribution in [1.82, 2.24) is 0 Å². The van der Waals surface area contributed by atoms with Crippen molar-refractivity contribution < 1.29 is 29.9 Å². The lowest BCUT2D eigenvalue weighted by Crippen LogP contribution is -2.55. The van der Waals surface area contributed by atoms with E-state index in [0.29, 0.717) is 35.8 Å². The Balaban J connectivity index is 1.73. The van der Waals surface area contributed by atoms with Gasteiger partial charge in [-0.3, -0.25) is 0 Å². The van der Waals surface area contributed by atoms with E-state index in [2.05, 4.69) is 6.58 Å². The molecule has 6 nitrogen and oxygen atoms in total. The van der Waals surface area contributed by atoms with Crippen LogP contribution in [-0.2, 0) is 17.6 Å². The molecule has 160 valence electrons. The van der Waals surface area contributed by atoms with E-state index in [4.69, 9.17) is 21.1 Å². The van der Waals surface area contributed by atoms with Crippen LogP contribution in [0.5, 0.6) is 5.75 Å². The van der Waals surface area contributed by atoms with Gasteiger partial charge in [-0.15, -0.1) is 0 Å². The highest BCUT2D eigenvalue weighted by Gasteiger charge is 2.45. The molecule has 2 aromatic rings. The molecule has 2 heterocycles. The van der Waals surface area contributed by atoms with E-state index in [1.807, 2.05) is 30.3 Å². The lowest BCUT2D eigenvalue weighted by Gasteiger charge is -2.40. The number of rotatable bonds is 5. The first-order valence-corrected chi connectivity index (χ1v) is 10.3. The van der Waals surface area contributed by atoms with Gasteiger partial charge in [-0.05, 0) is 28.7 Å². The minimum atomic E-state index is -1.44. The molecule has 1 saturated heterocycles. The molecule has 7 heteroatoms. The molecule has 0 amide bonds. The molecule has 0 saturated carbocycles. The summed E-state index contributed by atoms with van der Waals surface area (Å²) in [6, 6.07) is 9.80. The molecular weight excluding hydrogens is 408 g/mol. The van der Waals surface area contributed by atoms with E-state index >= 15 is 0 Å². The lowest BCUT2D eigenvalue weighted by atomic mass is 9.87. The summed E-state index contributed by atoms with van der Waals surface area (Å²) >= 11 is 6.64. The Bertz CT molecular complexity index is 926. The highest BCUT2D eigenvalue weighted by molar-refractivity contribution is 6.33. The summed E-state index contributed by atoms with van der Waals surface area (Å²) in [5, 5.41) is 41.0. The summed E-state index contributed by atoms with van der Waals surface area (Å²) < 4.78 is 11.6. The molecule has 4 N–H and O–H groups in total. The second-order valence-corrected chi connectivity index (χ2v) is 8.09. The predicted octanol–water partition coefficient (Wildman–Crippen LogP) is 2.02. The molecule has 0 unspecified atom stereocenters. The van der Waals surface area contributed by atoms with Gasteiger partial charge in [0.05, 0.1) is 18.2 Å². The van der Waals surface area contributed by atoms with Gasteiger partial charge in [-0.25, -0.2) is 0 Å². The van der Waals surface area contributed by atoms with Gasteiger partial charge in [-0.2, -0.15) is 0 Å². The Morgan fingerprint density at radius 1 is 1.10 bits per heavy atom. The van der Waals surface area contributed by atoms with Gasteiger partial charge in [0.15, 0.2) is 0 Å². The van der Waals surface area contributed by atoms with Crippen molar-refractivity contribution in [2.24, 2.45) is 0 Å². The van der Waals surface area contributed by atoms with Crippen LogP contribution in [0.15, 0.2) is 36.9 Å². The van der Waals surface area contributed by atoms with Crippen LogP contribution in [0.1, 0.15) is 33.9 Å². The van der Waals surface area contributed by atoms with Crippen molar-refractivity contribution in [2.75, 3.05) is 13.2 Å². The molecule has 0 aromatic heterocycles. The summed E-state index contributed by atoms with van der Waals surface area (Å²) in [6.45, 7) is 3.74. The number of aliphatic hydroxyl groups is 4. The van der Waals surface area contributed by atoms with Crippen molar-refractivity contribution in [2.45, 2.75) is 43.4 Å². The van der Waals surface area contributed by atoms with Gasteiger partial charge in [-0.1, -0.05) is 54.6 Å². The Labute approximate surface area is 180 Å². The van der Waals surface area contributed by atoms with E-state index in [1.54, 1.807) is 6.08 Å². The van der Waals surface area contributed by atoms with Gasteiger partial charge < -0.3 is 29.9 Å². The smallest absolute Gasteiger partial charge is 0.141 e. The zero-order chi connectivity index (χ0) is 21.4. The Morgan fingerprint density at radius 3 is 2.50 bits per heavy atom. The first-order valence-electron chi connectivity index (χ1n) is 9.93. The molecule has 30 heavy (non-hydrogen) atoms. The van der Waals surface area contributed by atoms with Crippen molar-refractivity contribution in [3.05, 3.63) is 69.8 Å². The van der Waals surface area contributed by atoms with Crippen LogP contribution in [0.4, 0.5) is 0 Å². The Kier molecular flexibility index (Phi) is 6.16. The maximum Gasteiger partial charge on any atom is 0.141 e. The third kappa shape index (κ3) is 3.75. The largest absolute Gasteiger partial charge is 0.491 e. The van der Waals surface area contributed by atoms with E-state index < -0.39 is 37.1 Å². The third-order valence-electron chi connectivity index (χ3n) is 5.84. The summed E-state index contributed by atoms with van der Waals surface area (Å²) in [6.07, 6.45) is -3.19. The van der Waals surface area contributed by atoms with E-state index in [0.717, 1.165) is 22.3 Å². The van der Waals surface area contributed by atoms with Crippen molar-refractivity contribution in [3.8, 4) is 5.75 Å². The molecule has 2 aliphatic rings. The van der Waals surface area contributed by atoms with Crippen molar-refractivity contribution >= 4 is 17.7 Å². The quantitative estimate of drug-likeness (QED) is 0.577. The minimum absolute atomic E-state index is 0.455. The summed E-state index contributed by atoms with van der Waals surface area (Å²) in [5.74, 6) is 0.559. The standard InChI is InChI=1S/C23H25ClO6/c1-2-12-3-5-13(6-4-12)9-14-10-16(15-7-8-29-22(15)18(14)24)23-21(28)20(27)19(26)17(11-25)30-23/h2-6,10,17,19-21,23,25-28H,1,7-9,11H2/t17-,19-,20+,21-,23+/m0/s1. The topological polar surface area (TPSA) is 99.4 Å². The normalized spacial score (nSPS) is 28.1. The maximum atomic E-state index is 10.6. The summed E-state index contributed by atoms with van der Waals surface area (Å²) in [7, 11) is 0. The number of benzene rings is 2. The molecule has 2 aliphatic heterocycles. The fourth-order valence-electron chi connectivity index (χ4n) is 4.14. The van der Waals surface area contributed by atoms with E-state index in [1.165, 1.54) is 0 Å². The number of hydrogen-bond donors (Lipinski definition) is 4. The van der Waals surface area contributed by atoms with E-state index in [9.17, 15) is 20.4 Å². The number of halogens is 1. The Morgan fingerprint density at radius 2 is 1.83 bits per heavy atom. The third-order valence-corrected chi connectivity index (χ3v) is 6.26. The van der Waals surface area contributed by atoms with Crippen LogP contribution in [0.3, 0.4) is 0 Å². The zero-order valence-electron chi connectivity index (χ0n) is 16.4. The first kappa shape index (κ1) is 21.3. The number of hydrogen-bond acceptors (Lipinski definition) is 6. The monoisotopic (exact) mass is 432 g/mol. The molecule has 0 spiro atoms. The second-order valence-electron chi connectivity index (χ2n) is 7.72. The molecular formula is C23H25ClO6. The SMILES string of the molecule is C=Cc1ccc(Cc2cc([C@H]3O[C@@H](CO)[C@H](O)[C@@H](O)[C@@H]3O)c3c(c2Cl)OCC3)cc1. The zero-order valence-corrected chi connectivity index (χ0v) is 17.1. The van der Waals surface area contributed by atoms with Crippen LogP contribution in [0.25, 0.3) is 6.08 Å². The Hall–Kier alpha value is -1.93. The number of ether oxygens (including phenoxy) is 2. The molecule has 0 aliphatic carbocycles. The summed E-state index contributed by atoms with van der Waals surface area (Å²) in [4.78, 5) is 0. The molecule has 0 bridgehead atoms. The molecule has 1 fully saturated rings. The number of fused-ring (bicyclic) bond motifs is 1. The van der Waals surface area contributed by atoms with Crippen molar-refractivity contribution in [3.63, 3.8) is 0 Å². The van der Waals surface area contributed by atoms with Crippen LogP contribution < -0.4 is 4.74 Å². The van der Waals surface area contributed by atoms with Crippen LogP contribution in [-0.4, -0.2) is 58.1 Å². The fraction of sp³-hybridized carbons (Fsp3) is 0.391. The average molecular weight is 433 g/mol. The van der Waals surface area contributed by atoms with Crippen LogP contribution >= 0.6 is 11.6 Å². The minimum Gasteiger partial charge on any atom is -0.491 e. The van der Waals surface area contributed by atoms with Crippen molar-refractivity contribution in [1.29, 1.82) is 0 Å². The summed E-state index contributed by atoms with van der Waals surface area (Å²) in [5.41, 5.74) is 4.33. The van der Waals surface area contributed by atoms with Gasteiger partial charge in [0.2, 0.25) is 0 Å². The van der Waals surface area contributed by atoms with Crippen LogP contribution in [0, 0.1) is 0 Å². The van der Waals surface area contributed by atoms with Crippen LogP contribution in [0.2, 0.25) is 5.02 Å². The lowest BCUT2D eigenvalue weighted by molar-refractivity contribution is -0.231. The molecule has 5 atom stereocenters. The molecule has 2 aromatic carbocycles. The molecule has 0 radical (unpaired) electrons. The fourth-order valence-corrected chi connectivity index (χ4v) is 4.43. The highest BCUT2D eigenvalue weighted by Crippen LogP contribution is 2.44. The second kappa shape index (κ2) is 8.67. The van der Waals surface area contributed by atoms with Gasteiger partial charge >= 0.3 is 0 Å². The van der Waals surface area contributed by atoms with Gasteiger partial charge in [0.25, 0.3) is 0 Å². The average Bonchev–Trinajstić information content (AvgIpc) is 3.26. The highest BCUT2D eigenvalue weighted by atomic mass is 35.5. The van der Waals surface area contributed by atoms with E-state index in [-0.39, 0.29) is 0 Å².